The van der Waals surface area contributed by atoms with Gasteiger partial charge in [-0.25, -0.2) is 19.2 Å². The Balaban J connectivity index is 2.83. The minimum atomic E-state index is -0.936. The number of methoxy groups -OCH3 is 2. The summed E-state index contributed by atoms with van der Waals surface area (Å²) in [5.74, 6) is -3.86. The zero-order valence-corrected chi connectivity index (χ0v) is 16.5. The lowest BCUT2D eigenvalue weighted by Gasteiger charge is -2.06. The first kappa shape index (κ1) is 22.8. The normalized spacial score (nSPS) is 10.3. The molecule has 152 valence electrons. The van der Waals surface area contributed by atoms with Crippen molar-refractivity contribution in [1.29, 1.82) is 0 Å². The second-order valence-corrected chi connectivity index (χ2v) is 6.01. The number of rotatable bonds is 8. The molecule has 0 saturated heterocycles. The highest BCUT2D eigenvalue weighted by Gasteiger charge is 2.26. The van der Waals surface area contributed by atoms with Crippen LogP contribution in [0.1, 0.15) is 32.5 Å². The third-order valence-electron chi connectivity index (χ3n) is 3.15. The summed E-state index contributed by atoms with van der Waals surface area (Å²) in [6, 6.07) is 0. The van der Waals surface area contributed by atoms with E-state index in [-0.39, 0.29) is 27.6 Å². The summed E-state index contributed by atoms with van der Waals surface area (Å²) in [7, 11) is 2.33. The molecule has 11 heteroatoms. The van der Waals surface area contributed by atoms with Crippen molar-refractivity contribution in [2.45, 2.75) is 13.8 Å². The fourth-order valence-corrected chi connectivity index (χ4v) is 3.04. The van der Waals surface area contributed by atoms with Crippen LogP contribution in [0, 0.1) is 6.92 Å². The molecule has 0 spiro atoms. The lowest BCUT2D eigenvalue weighted by Crippen LogP contribution is -2.21. The Morgan fingerprint density at radius 3 is 2.07 bits per heavy atom. The Hall–Kier alpha value is -3.21. The van der Waals surface area contributed by atoms with Crippen LogP contribution >= 0.6 is 11.3 Å². The molecular weight excluding hydrogens is 394 g/mol. The number of ether oxygens (including phenoxy) is 4. The van der Waals surface area contributed by atoms with Crippen LogP contribution in [-0.2, 0) is 33.3 Å². The van der Waals surface area contributed by atoms with E-state index in [1.165, 1.54) is 14.0 Å². The van der Waals surface area contributed by atoms with Crippen LogP contribution < -0.4 is 5.32 Å². The van der Waals surface area contributed by atoms with Gasteiger partial charge in [0.1, 0.15) is 9.88 Å². The number of hydrogen-bond donors (Lipinski definition) is 1. The first-order valence-electron chi connectivity index (χ1n) is 7.86. The molecule has 1 heterocycles. The quantitative estimate of drug-likeness (QED) is 0.379. The molecule has 28 heavy (non-hydrogen) atoms. The summed E-state index contributed by atoms with van der Waals surface area (Å²) in [6.45, 7) is 2.58. The highest BCUT2D eigenvalue weighted by molar-refractivity contribution is 7.18. The molecular formula is C17H19NO9S. The van der Waals surface area contributed by atoms with Gasteiger partial charge >= 0.3 is 23.9 Å². The summed E-state index contributed by atoms with van der Waals surface area (Å²) in [6.07, 6.45) is 1.68. The predicted molar refractivity (Wildman–Crippen MR) is 97.1 cm³/mol. The third-order valence-corrected chi connectivity index (χ3v) is 4.33. The number of hydrogen-bond acceptors (Lipinski definition) is 10. The molecule has 0 aliphatic rings. The van der Waals surface area contributed by atoms with Crippen molar-refractivity contribution in [3.63, 3.8) is 0 Å². The maximum atomic E-state index is 12.0. The topological polar surface area (TPSA) is 134 Å². The van der Waals surface area contributed by atoms with E-state index in [0.717, 1.165) is 30.6 Å². The smallest absolute Gasteiger partial charge is 0.348 e. The number of anilines is 1. The molecule has 0 radical (unpaired) electrons. The number of carbonyl (C=O) groups is 5. The Labute approximate surface area is 164 Å². The van der Waals surface area contributed by atoms with E-state index in [1.54, 1.807) is 6.92 Å². The van der Waals surface area contributed by atoms with Crippen LogP contribution in [0.15, 0.2) is 12.2 Å². The molecule has 0 saturated carbocycles. The van der Waals surface area contributed by atoms with Crippen molar-refractivity contribution < 1.29 is 42.9 Å². The summed E-state index contributed by atoms with van der Waals surface area (Å²) in [4.78, 5) is 58.5. The van der Waals surface area contributed by atoms with Crippen molar-refractivity contribution in [2.24, 2.45) is 0 Å². The Morgan fingerprint density at radius 1 is 0.964 bits per heavy atom. The number of amides is 1. The molecule has 0 bridgehead atoms. The fourth-order valence-electron chi connectivity index (χ4n) is 1.91. The van der Waals surface area contributed by atoms with Crippen molar-refractivity contribution in [3.8, 4) is 0 Å². The summed E-state index contributed by atoms with van der Waals surface area (Å²) in [5.41, 5.74) is 0.281. The van der Waals surface area contributed by atoms with Gasteiger partial charge in [-0.15, -0.1) is 11.3 Å². The molecule has 0 aliphatic carbocycles. The standard InChI is InChI=1S/C17H19NO9S/c1-5-26-11(20)6-7-12(21)27-8-10(19)18-15-13(16(22)24-3)9(2)14(28-15)17(23)25-4/h6-7H,5,8H2,1-4H3,(H,18,19). The SMILES string of the molecule is CCOC(=O)C=CC(=O)OCC(=O)Nc1sc(C(=O)OC)c(C)c1C(=O)OC. The van der Waals surface area contributed by atoms with Crippen LogP contribution in [0.4, 0.5) is 5.00 Å². The van der Waals surface area contributed by atoms with Gasteiger partial charge in [0.05, 0.1) is 26.4 Å². The summed E-state index contributed by atoms with van der Waals surface area (Å²) >= 11 is 0.822. The van der Waals surface area contributed by atoms with E-state index < -0.39 is 36.4 Å². The van der Waals surface area contributed by atoms with Crippen molar-refractivity contribution in [3.05, 3.63) is 28.2 Å². The van der Waals surface area contributed by atoms with Gasteiger partial charge < -0.3 is 24.3 Å². The van der Waals surface area contributed by atoms with Gasteiger partial charge in [-0.05, 0) is 19.4 Å². The monoisotopic (exact) mass is 413 g/mol. The van der Waals surface area contributed by atoms with Crippen LogP contribution in [0.25, 0.3) is 0 Å². The Kier molecular flexibility index (Phi) is 8.82. The van der Waals surface area contributed by atoms with Gasteiger partial charge in [-0.2, -0.15) is 0 Å². The number of thiophene rings is 1. The first-order chi connectivity index (χ1) is 13.2. The molecule has 0 aromatic carbocycles. The summed E-state index contributed by atoms with van der Waals surface area (Å²) < 4.78 is 18.6. The lowest BCUT2D eigenvalue weighted by molar-refractivity contribution is -0.143. The van der Waals surface area contributed by atoms with E-state index in [1.807, 2.05) is 0 Å². The molecule has 1 N–H and O–H groups in total. The number of carbonyl (C=O) groups excluding carboxylic acids is 5. The molecule has 0 unspecified atom stereocenters. The highest BCUT2D eigenvalue weighted by Crippen LogP contribution is 2.34. The number of nitrogens with one attached hydrogen (secondary N) is 1. The molecule has 0 atom stereocenters. The number of esters is 4. The second kappa shape index (κ2) is 10.8. The van der Waals surface area contributed by atoms with Gasteiger partial charge in [0.2, 0.25) is 0 Å². The van der Waals surface area contributed by atoms with E-state index >= 15 is 0 Å². The zero-order chi connectivity index (χ0) is 21.3. The fraction of sp³-hybridized carbons (Fsp3) is 0.353. The molecule has 1 aromatic heterocycles. The maximum Gasteiger partial charge on any atom is 0.348 e. The summed E-state index contributed by atoms with van der Waals surface area (Å²) in [5, 5.41) is 2.43. The minimum Gasteiger partial charge on any atom is -0.465 e. The van der Waals surface area contributed by atoms with Gasteiger partial charge in [-0.1, -0.05) is 0 Å². The van der Waals surface area contributed by atoms with Crippen LogP contribution in [0.2, 0.25) is 0 Å². The van der Waals surface area contributed by atoms with E-state index in [4.69, 9.17) is 0 Å². The second-order valence-electron chi connectivity index (χ2n) is 4.98. The van der Waals surface area contributed by atoms with Gasteiger partial charge in [0, 0.05) is 12.2 Å². The predicted octanol–water partition coefficient (Wildman–Crippen LogP) is 1.23. The molecule has 0 fully saturated rings. The highest BCUT2D eigenvalue weighted by atomic mass is 32.1. The Bertz CT molecular complexity index is 810. The van der Waals surface area contributed by atoms with Crippen molar-refractivity contribution in [1.82, 2.24) is 0 Å². The first-order valence-corrected chi connectivity index (χ1v) is 8.68. The van der Waals surface area contributed by atoms with E-state index in [2.05, 4.69) is 24.3 Å². The molecule has 1 rings (SSSR count). The molecule has 1 amide bonds. The van der Waals surface area contributed by atoms with Crippen molar-refractivity contribution >= 4 is 46.1 Å². The minimum absolute atomic E-state index is 0.00483. The van der Waals surface area contributed by atoms with Crippen molar-refractivity contribution in [2.75, 3.05) is 32.8 Å². The van der Waals surface area contributed by atoms with Crippen LogP contribution in [-0.4, -0.2) is 57.2 Å². The Morgan fingerprint density at radius 2 is 1.54 bits per heavy atom. The van der Waals surface area contributed by atoms with E-state index in [0.29, 0.717) is 0 Å². The van der Waals surface area contributed by atoms with Crippen LogP contribution in [0.3, 0.4) is 0 Å². The largest absolute Gasteiger partial charge is 0.465 e. The van der Waals surface area contributed by atoms with Gasteiger partial charge in [-0.3, -0.25) is 4.79 Å². The average Bonchev–Trinajstić information content (AvgIpc) is 2.99. The van der Waals surface area contributed by atoms with E-state index in [9.17, 15) is 24.0 Å². The zero-order valence-electron chi connectivity index (χ0n) is 15.7. The van der Waals surface area contributed by atoms with Gasteiger partial charge in [0.15, 0.2) is 6.61 Å². The molecule has 1 aromatic rings. The lowest BCUT2D eigenvalue weighted by atomic mass is 10.1. The maximum absolute atomic E-state index is 12.0. The molecule has 10 nitrogen and oxygen atoms in total. The average molecular weight is 413 g/mol. The molecule has 0 aliphatic heterocycles. The van der Waals surface area contributed by atoms with Crippen LogP contribution in [0.5, 0.6) is 0 Å². The third kappa shape index (κ3) is 6.20. The van der Waals surface area contributed by atoms with Gasteiger partial charge in [0.25, 0.3) is 5.91 Å².